The van der Waals surface area contributed by atoms with Gasteiger partial charge in [0.25, 0.3) is 0 Å². The van der Waals surface area contributed by atoms with E-state index in [1.165, 1.54) is 12.4 Å². The van der Waals surface area contributed by atoms with E-state index in [1.807, 2.05) is 0 Å². The van der Waals surface area contributed by atoms with Gasteiger partial charge in [0.2, 0.25) is 0 Å². The van der Waals surface area contributed by atoms with Crippen LogP contribution in [-0.2, 0) is 10.8 Å². The van der Waals surface area contributed by atoms with Crippen LogP contribution in [0.2, 0.25) is 0 Å². The van der Waals surface area contributed by atoms with Crippen LogP contribution in [0.15, 0.2) is 23.3 Å². The van der Waals surface area contributed by atoms with Crippen molar-refractivity contribution in [1.82, 2.24) is 9.97 Å². The lowest BCUT2D eigenvalue weighted by molar-refractivity contribution is 0.690. The summed E-state index contributed by atoms with van der Waals surface area (Å²) in [4.78, 5) is 15.8. The van der Waals surface area contributed by atoms with Crippen molar-refractivity contribution in [3.05, 3.63) is 28.9 Å². The van der Waals surface area contributed by atoms with Crippen molar-refractivity contribution in [3.63, 3.8) is 0 Å². The topological polar surface area (TPSA) is 62.8 Å². The number of H-pyrrole nitrogens is 1. The Morgan fingerprint density at radius 2 is 2.09 bits per heavy atom. The molecular weight excluding hydrogens is 164 g/mol. The van der Waals surface area contributed by atoms with Gasteiger partial charge in [-0.15, -0.1) is 0 Å². The zero-order chi connectivity index (χ0) is 8.69. The number of aromatic nitrogens is 2. The molecule has 0 atom stereocenters. The second-order valence-electron chi connectivity index (χ2n) is 1.83. The number of nitrogens with zero attached hydrogens (tertiary/aromatic N) is 1. The zero-order valence-electron chi connectivity index (χ0n) is 6.40. The van der Waals surface area contributed by atoms with E-state index in [2.05, 4.69) is 9.97 Å². The van der Waals surface area contributed by atoms with Crippen LogP contribution in [0.3, 0.4) is 0 Å². The Hall–Kier alpha value is -0.970. The summed E-state index contributed by atoms with van der Waals surface area (Å²) in [6.45, 7) is 0. The molecule has 4 nitrogen and oxygen atoms in total. The third kappa shape index (κ3) is 9.03. The lowest BCUT2D eigenvalue weighted by Gasteiger charge is -1.72. The highest BCUT2D eigenvalue weighted by Crippen LogP contribution is 1.61. The summed E-state index contributed by atoms with van der Waals surface area (Å²) in [5, 5.41) is 0. The Bertz CT molecular complexity index is 250. The van der Waals surface area contributed by atoms with E-state index in [9.17, 15) is 9.00 Å². The van der Waals surface area contributed by atoms with E-state index in [-0.39, 0.29) is 5.69 Å². The molecule has 0 radical (unpaired) electrons. The second-order valence-corrected chi connectivity index (χ2v) is 3.31. The van der Waals surface area contributed by atoms with Crippen molar-refractivity contribution in [1.29, 1.82) is 0 Å². The predicted molar refractivity (Wildman–Crippen MR) is 44.8 cm³/mol. The van der Waals surface area contributed by atoms with Crippen LogP contribution in [-0.4, -0.2) is 26.7 Å². The van der Waals surface area contributed by atoms with Gasteiger partial charge in [-0.05, 0) is 6.07 Å². The summed E-state index contributed by atoms with van der Waals surface area (Å²) in [5.41, 5.74) is -0.303. The van der Waals surface area contributed by atoms with Gasteiger partial charge in [0, 0.05) is 35.7 Å². The fourth-order valence-corrected chi connectivity index (χ4v) is 0.310. The fourth-order valence-electron chi connectivity index (χ4n) is 0.310. The number of hydrogen-bond donors (Lipinski definition) is 1. The molecule has 0 spiro atoms. The molecule has 0 saturated carbocycles. The van der Waals surface area contributed by atoms with E-state index in [0.717, 1.165) is 0 Å². The largest absolute Gasteiger partial charge is 0.344 e. The van der Waals surface area contributed by atoms with Crippen molar-refractivity contribution in [2.75, 3.05) is 12.5 Å². The van der Waals surface area contributed by atoms with Crippen molar-refractivity contribution >= 4 is 10.8 Å². The summed E-state index contributed by atoms with van der Waals surface area (Å²) in [5.74, 6) is 0. The maximum atomic E-state index is 10.1. The van der Waals surface area contributed by atoms with Gasteiger partial charge in [-0.3, -0.25) is 4.21 Å². The highest BCUT2D eigenvalue weighted by Gasteiger charge is 1.70. The minimum atomic E-state index is -0.611. The Balaban J connectivity index is 0.000000218. The number of nitrogens with one attached hydrogen (secondary N) is 1. The summed E-state index contributed by atoms with van der Waals surface area (Å²) >= 11 is 0. The molecule has 0 fully saturated rings. The first kappa shape index (κ1) is 10.0. The van der Waals surface area contributed by atoms with Gasteiger partial charge >= 0.3 is 5.69 Å². The average Bonchev–Trinajstić information content (AvgIpc) is 1.87. The van der Waals surface area contributed by atoms with Crippen LogP contribution >= 0.6 is 0 Å². The van der Waals surface area contributed by atoms with Crippen LogP contribution in [0.1, 0.15) is 0 Å². The van der Waals surface area contributed by atoms with Gasteiger partial charge in [-0.1, -0.05) is 0 Å². The Labute approximate surface area is 67.1 Å². The molecule has 1 heterocycles. The monoisotopic (exact) mass is 174 g/mol. The van der Waals surface area contributed by atoms with Crippen molar-refractivity contribution in [2.24, 2.45) is 0 Å². The molecule has 1 rings (SSSR count). The highest BCUT2D eigenvalue weighted by molar-refractivity contribution is 7.83. The summed E-state index contributed by atoms with van der Waals surface area (Å²) in [7, 11) is -0.611. The Morgan fingerprint density at radius 3 is 2.27 bits per heavy atom. The molecule has 0 aromatic carbocycles. The third-order valence-corrected chi connectivity index (χ3v) is 0.581. The van der Waals surface area contributed by atoms with Gasteiger partial charge in [0.1, 0.15) is 0 Å². The molecule has 0 unspecified atom stereocenters. The molecule has 1 N–H and O–H groups in total. The van der Waals surface area contributed by atoms with Crippen LogP contribution in [0.4, 0.5) is 0 Å². The average molecular weight is 174 g/mol. The highest BCUT2D eigenvalue weighted by atomic mass is 32.2. The lowest BCUT2D eigenvalue weighted by Crippen LogP contribution is -2.05. The van der Waals surface area contributed by atoms with Crippen LogP contribution < -0.4 is 5.69 Å². The summed E-state index contributed by atoms with van der Waals surface area (Å²) < 4.78 is 9.56. The molecule has 1 aromatic rings. The predicted octanol–water partition coefficient (Wildman–Crippen LogP) is -0.235. The zero-order valence-corrected chi connectivity index (χ0v) is 7.22. The number of hydrogen-bond acceptors (Lipinski definition) is 3. The van der Waals surface area contributed by atoms with Crippen LogP contribution in [0.5, 0.6) is 0 Å². The Kier molecular flexibility index (Phi) is 5.28. The quantitative estimate of drug-likeness (QED) is 0.590. The molecule has 1 aromatic heterocycles. The van der Waals surface area contributed by atoms with E-state index >= 15 is 0 Å². The minimum Gasteiger partial charge on any atom is -0.313 e. The first-order valence-electron chi connectivity index (χ1n) is 2.87. The summed E-state index contributed by atoms with van der Waals surface area (Å²) in [6.07, 6.45) is 6.26. The van der Waals surface area contributed by atoms with Crippen molar-refractivity contribution in [2.45, 2.75) is 0 Å². The van der Waals surface area contributed by atoms with Crippen LogP contribution in [0.25, 0.3) is 0 Å². The molecule has 11 heavy (non-hydrogen) atoms. The van der Waals surface area contributed by atoms with Crippen molar-refractivity contribution in [3.8, 4) is 0 Å². The fraction of sp³-hybridized carbons (Fsp3) is 0.333. The normalized spacial score (nSPS) is 8.64. The summed E-state index contributed by atoms with van der Waals surface area (Å²) in [6, 6.07) is 1.65. The van der Waals surface area contributed by atoms with E-state index in [4.69, 9.17) is 0 Å². The van der Waals surface area contributed by atoms with E-state index < -0.39 is 10.8 Å². The van der Waals surface area contributed by atoms with Gasteiger partial charge in [0.15, 0.2) is 0 Å². The number of rotatable bonds is 0. The molecule has 0 amide bonds. The molecule has 62 valence electrons. The molecule has 0 saturated heterocycles. The van der Waals surface area contributed by atoms with Gasteiger partial charge < -0.3 is 4.98 Å². The molecule has 5 heteroatoms. The number of aromatic amines is 1. The van der Waals surface area contributed by atoms with Gasteiger partial charge in [0.05, 0.1) is 0 Å². The molecule has 0 bridgehead atoms. The molecule has 0 aliphatic rings. The van der Waals surface area contributed by atoms with E-state index in [1.54, 1.807) is 18.6 Å². The van der Waals surface area contributed by atoms with Gasteiger partial charge in [-0.2, -0.15) is 0 Å². The smallest absolute Gasteiger partial charge is 0.313 e. The molecule has 0 aliphatic carbocycles. The van der Waals surface area contributed by atoms with Crippen molar-refractivity contribution < 1.29 is 4.21 Å². The lowest BCUT2D eigenvalue weighted by atomic mass is 10.7. The second kappa shape index (κ2) is 5.79. The maximum absolute atomic E-state index is 10.1. The van der Waals surface area contributed by atoms with Crippen LogP contribution in [0, 0.1) is 0 Å². The minimum absolute atomic E-state index is 0.303. The SMILES string of the molecule is CS(C)=O.O=c1nccc[nH]1. The third-order valence-electron chi connectivity index (χ3n) is 0.581. The first-order chi connectivity index (χ1) is 5.13. The van der Waals surface area contributed by atoms with Gasteiger partial charge in [-0.25, -0.2) is 9.78 Å². The standard InChI is InChI=1S/C4H4N2O.C2H6OS/c7-4-5-2-1-3-6-4;1-4(2)3/h1-3H,(H,5,6,7);1-2H3. The molecule has 0 aliphatic heterocycles. The molecular formula is C6H10N2O2S. The first-order valence-corrected chi connectivity index (χ1v) is 4.84. The Morgan fingerprint density at radius 1 is 1.55 bits per heavy atom. The maximum Gasteiger partial charge on any atom is 0.344 e. The van der Waals surface area contributed by atoms with E-state index in [0.29, 0.717) is 0 Å².